The monoisotopic (exact) mass is 341 g/mol. The van der Waals surface area contributed by atoms with Crippen molar-refractivity contribution in [2.45, 2.75) is 33.0 Å². The molecule has 134 valence electrons. The van der Waals surface area contributed by atoms with E-state index in [2.05, 4.69) is 23.1 Å². The molecule has 0 spiro atoms. The van der Waals surface area contributed by atoms with Crippen molar-refractivity contribution < 1.29 is 4.79 Å². The minimum atomic E-state index is 0.115. The molecule has 1 aromatic heterocycles. The third-order valence-electron chi connectivity index (χ3n) is 4.73. The molecule has 1 aromatic carbocycles. The number of amides is 1. The second kappa shape index (κ2) is 8.27. The molecule has 0 bridgehead atoms. The van der Waals surface area contributed by atoms with Crippen LogP contribution in [0.3, 0.4) is 0 Å². The lowest BCUT2D eigenvalue weighted by Gasteiger charge is -2.22. The van der Waals surface area contributed by atoms with Crippen LogP contribution in [0, 0.1) is 0 Å². The third-order valence-corrected chi connectivity index (χ3v) is 4.73. The summed E-state index contributed by atoms with van der Waals surface area (Å²) in [5.74, 6) is 0.115. The lowest BCUT2D eigenvalue weighted by Crippen LogP contribution is -2.35. The number of nitrogens with two attached hydrogens (primary N) is 1. The van der Waals surface area contributed by atoms with Crippen LogP contribution in [-0.4, -0.2) is 51.7 Å². The number of hydrogen-bond donors (Lipinski definition) is 1. The molecule has 3 rings (SSSR count). The number of carbonyl (C=O) groups is 1. The maximum Gasteiger partial charge on any atom is 0.253 e. The van der Waals surface area contributed by atoms with Crippen molar-refractivity contribution in [2.24, 2.45) is 5.73 Å². The van der Waals surface area contributed by atoms with Crippen LogP contribution < -0.4 is 5.73 Å². The van der Waals surface area contributed by atoms with Crippen LogP contribution >= 0.6 is 0 Å². The van der Waals surface area contributed by atoms with E-state index in [1.54, 1.807) is 0 Å². The molecule has 2 aromatic rings. The van der Waals surface area contributed by atoms with E-state index < -0.39 is 0 Å². The average Bonchev–Trinajstić information content (AvgIpc) is 2.98. The summed E-state index contributed by atoms with van der Waals surface area (Å²) < 4.78 is 1.95. The first-order valence-corrected chi connectivity index (χ1v) is 9.01. The van der Waals surface area contributed by atoms with E-state index in [4.69, 9.17) is 5.73 Å². The highest BCUT2D eigenvalue weighted by atomic mass is 16.2. The van der Waals surface area contributed by atoms with E-state index in [9.17, 15) is 4.79 Å². The van der Waals surface area contributed by atoms with Gasteiger partial charge in [0, 0.05) is 63.1 Å². The molecule has 1 aliphatic heterocycles. The van der Waals surface area contributed by atoms with Crippen molar-refractivity contribution >= 4 is 5.91 Å². The highest BCUT2D eigenvalue weighted by Gasteiger charge is 2.20. The van der Waals surface area contributed by atoms with Gasteiger partial charge in [-0.3, -0.25) is 14.4 Å². The average molecular weight is 341 g/mol. The number of carbonyl (C=O) groups excluding carboxylic acids is 1. The van der Waals surface area contributed by atoms with Gasteiger partial charge in [-0.2, -0.15) is 5.10 Å². The predicted molar refractivity (Wildman–Crippen MR) is 98.0 cm³/mol. The first-order valence-electron chi connectivity index (χ1n) is 9.01. The predicted octanol–water partition coefficient (Wildman–Crippen LogP) is 1.71. The maximum absolute atomic E-state index is 12.7. The first-order chi connectivity index (χ1) is 12.2. The molecule has 2 heterocycles. The van der Waals surface area contributed by atoms with Gasteiger partial charge in [-0.1, -0.05) is 12.1 Å². The van der Waals surface area contributed by atoms with Crippen molar-refractivity contribution in [3.63, 3.8) is 0 Å². The molecule has 0 radical (unpaired) electrons. The van der Waals surface area contributed by atoms with E-state index in [1.807, 2.05) is 40.0 Å². The highest BCUT2D eigenvalue weighted by molar-refractivity contribution is 5.94. The maximum atomic E-state index is 12.7. The number of nitrogens with zero attached hydrogens (tertiary/aromatic N) is 4. The normalized spacial score (nSPS) is 16.0. The number of rotatable bonds is 5. The Morgan fingerprint density at radius 3 is 2.60 bits per heavy atom. The summed E-state index contributed by atoms with van der Waals surface area (Å²) in [4.78, 5) is 17.1. The van der Waals surface area contributed by atoms with Gasteiger partial charge < -0.3 is 10.6 Å². The molecule has 1 saturated heterocycles. The lowest BCUT2D eigenvalue weighted by molar-refractivity contribution is 0.0761. The molecule has 6 nitrogen and oxygen atoms in total. The van der Waals surface area contributed by atoms with E-state index in [0.29, 0.717) is 6.54 Å². The van der Waals surface area contributed by atoms with Crippen LogP contribution in [0.15, 0.2) is 36.7 Å². The van der Waals surface area contributed by atoms with Gasteiger partial charge in [-0.05, 0) is 31.0 Å². The van der Waals surface area contributed by atoms with Crippen LogP contribution in [0.5, 0.6) is 0 Å². The molecule has 6 heteroatoms. The van der Waals surface area contributed by atoms with Crippen LogP contribution in [0.4, 0.5) is 0 Å². The van der Waals surface area contributed by atoms with Gasteiger partial charge in [0.1, 0.15) is 0 Å². The standard InChI is InChI=1S/C19H27N5O/c1-2-24-15-17(13-21-24)14-22-8-3-9-23(11-10-22)19(25)18-6-4-16(12-20)5-7-18/h4-7,13,15H,2-3,8-12,14,20H2,1H3. The molecular formula is C19H27N5O. The zero-order valence-corrected chi connectivity index (χ0v) is 14.9. The van der Waals surface area contributed by atoms with Crippen LogP contribution in [-0.2, 0) is 19.6 Å². The second-order valence-electron chi connectivity index (χ2n) is 6.53. The van der Waals surface area contributed by atoms with Gasteiger partial charge in [0.15, 0.2) is 0 Å². The van der Waals surface area contributed by atoms with Gasteiger partial charge >= 0.3 is 0 Å². The zero-order valence-electron chi connectivity index (χ0n) is 14.9. The molecule has 0 saturated carbocycles. The molecule has 0 unspecified atom stereocenters. The fourth-order valence-corrected chi connectivity index (χ4v) is 3.22. The minimum Gasteiger partial charge on any atom is -0.337 e. The van der Waals surface area contributed by atoms with E-state index in [0.717, 1.165) is 56.8 Å². The van der Waals surface area contributed by atoms with Crippen LogP contribution in [0.25, 0.3) is 0 Å². The molecule has 1 amide bonds. The Balaban J connectivity index is 1.57. The van der Waals surface area contributed by atoms with Crippen molar-refractivity contribution in [1.29, 1.82) is 0 Å². The summed E-state index contributed by atoms with van der Waals surface area (Å²) >= 11 is 0. The quantitative estimate of drug-likeness (QED) is 0.899. The smallest absolute Gasteiger partial charge is 0.253 e. The summed E-state index contributed by atoms with van der Waals surface area (Å²) in [7, 11) is 0. The van der Waals surface area contributed by atoms with E-state index >= 15 is 0 Å². The zero-order chi connectivity index (χ0) is 17.6. The number of benzene rings is 1. The van der Waals surface area contributed by atoms with Gasteiger partial charge in [0.05, 0.1) is 6.20 Å². The summed E-state index contributed by atoms with van der Waals surface area (Å²) in [5, 5.41) is 4.34. The molecule has 1 fully saturated rings. The Hall–Kier alpha value is -2.18. The van der Waals surface area contributed by atoms with Gasteiger partial charge in [0.2, 0.25) is 0 Å². The van der Waals surface area contributed by atoms with Crippen molar-refractivity contribution in [3.8, 4) is 0 Å². The lowest BCUT2D eigenvalue weighted by atomic mass is 10.1. The SMILES string of the molecule is CCn1cc(CN2CCCN(C(=O)c3ccc(CN)cc3)CC2)cn1. The largest absolute Gasteiger partial charge is 0.337 e. The molecule has 0 atom stereocenters. The van der Waals surface area contributed by atoms with Crippen LogP contribution in [0.1, 0.15) is 34.8 Å². The highest BCUT2D eigenvalue weighted by Crippen LogP contribution is 2.12. The van der Waals surface area contributed by atoms with E-state index in [-0.39, 0.29) is 5.91 Å². The van der Waals surface area contributed by atoms with Gasteiger partial charge in [-0.15, -0.1) is 0 Å². The Bertz CT molecular complexity index is 694. The van der Waals surface area contributed by atoms with Crippen molar-refractivity contribution in [1.82, 2.24) is 19.6 Å². The molecule has 0 aliphatic carbocycles. The number of aryl methyl sites for hydroxylation is 1. The second-order valence-corrected chi connectivity index (χ2v) is 6.53. The summed E-state index contributed by atoms with van der Waals surface area (Å²) in [5.41, 5.74) is 8.65. The third kappa shape index (κ3) is 4.46. The Kier molecular flexibility index (Phi) is 5.83. The number of aromatic nitrogens is 2. The van der Waals surface area contributed by atoms with Crippen LogP contribution in [0.2, 0.25) is 0 Å². The summed E-state index contributed by atoms with van der Waals surface area (Å²) in [6.07, 6.45) is 5.04. The molecular weight excluding hydrogens is 314 g/mol. The van der Waals surface area contributed by atoms with E-state index in [1.165, 1.54) is 5.56 Å². The fourth-order valence-electron chi connectivity index (χ4n) is 3.22. The Morgan fingerprint density at radius 2 is 1.92 bits per heavy atom. The molecule has 25 heavy (non-hydrogen) atoms. The van der Waals surface area contributed by atoms with Crippen molar-refractivity contribution in [2.75, 3.05) is 26.2 Å². The topological polar surface area (TPSA) is 67.4 Å². The minimum absolute atomic E-state index is 0.115. The summed E-state index contributed by atoms with van der Waals surface area (Å²) in [6, 6.07) is 7.63. The fraction of sp³-hybridized carbons (Fsp3) is 0.474. The number of hydrogen-bond acceptors (Lipinski definition) is 4. The van der Waals surface area contributed by atoms with Gasteiger partial charge in [0.25, 0.3) is 5.91 Å². The summed E-state index contributed by atoms with van der Waals surface area (Å²) in [6.45, 7) is 7.85. The molecule has 1 aliphatic rings. The van der Waals surface area contributed by atoms with Gasteiger partial charge in [-0.25, -0.2) is 0 Å². The molecule has 2 N–H and O–H groups in total. The Morgan fingerprint density at radius 1 is 1.12 bits per heavy atom. The Labute approximate surface area is 149 Å². The first kappa shape index (κ1) is 17.6. The van der Waals surface area contributed by atoms with Crippen molar-refractivity contribution in [3.05, 3.63) is 53.3 Å².